The van der Waals surface area contributed by atoms with E-state index in [9.17, 15) is 0 Å². The summed E-state index contributed by atoms with van der Waals surface area (Å²) < 4.78 is 3.09. The minimum atomic E-state index is 0.634. The van der Waals surface area contributed by atoms with Gasteiger partial charge in [0.15, 0.2) is 0 Å². The second-order valence-electron chi connectivity index (χ2n) is 4.97. The Morgan fingerprint density at radius 2 is 2.36 bits per heavy atom. The Kier molecular flexibility index (Phi) is 2.69. The van der Waals surface area contributed by atoms with Crippen LogP contribution in [0, 0.1) is 11.3 Å². The lowest BCUT2D eigenvalue weighted by molar-refractivity contribution is 0.494. The molecular weight excluding hydrogens is 240 g/mol. The number of hydrogen-bond donors (Lipinski definition) is 0. The molecule has 2 rings (SSSR count). The van der Waals surface area contributed by atoms with Crippen LogP contribution in [0.3, 0.4) is 0 Å². The van der Waals surface area contributed by atoms with E-state index in [1.165, 1.54) is 19.3 Å². The molecule has 0 bridgehead atoms. The molecule has 1 fully saturated rings. The fraction of sp³-hybridized carbons (Fsp3) is 0.727. The molecule has 0 saturated heterocycles. The van der Waals surface area contributed by atoms with Crippen LogP contribution in [0.25, 0.3) is 0 Å². The Morgan fingerprint density at radius 3 is 2.86 bits per heavy atom. The molecule has 0 N–H and O–H groups in total. The summed E-state index contributed by atoms with van der Waals surface area (Å²) in [6, 6.07) is 0. The number of halogens is 1. The van der Waals surface area contributed by atoms with Crippen molar-refractivity contribution in [3.8, 4) is 0 Å². The first-order valence-electron chi connectivity index (χ1n) is 5.25. The van der Waals surface area contributed by atoms with E-state index in [0.29, 0.717) is 5.41 Å². The van der Waals surface area contributed by atoms with Gasteiger partial charge in [0.2, 0.25) is 0 Å². The zero-order chi connectivity index (χ0) is 10.2. The average Bonchev–Trinajstić information content (AvgIpc) is 2.53. The van der Waals surface area contributed by atoms with Gasteiger partial charge in [-0.3, -0.25) is 0 Å². The van der Waals surface area contributed by atoms with Gasteiger partial charge in [-0.1, -0.05) is 13.8 Å². The van der Waals surface area contributed by atoms with Crippen molar-refractivity contribution in [2.75, 3.05) is 0 Å². The van der Waals surface area contributed by atoms with Crippen LogP contribution in [0.2, 0.25) is 0 Å². The predicted molar refractivity (Wildman–Crippen MR) is 61.0 cm³/mol. The lowest BCUT2D eigenvalue weighted by atomic mass is 10.1. The van der Waals surface area contributed by atoms with Crippen molar-refractivity contribution < 1.29 is 0 Å². The van der Waals surface area contributed by atoms with E-state index in [2.05, 4.69) is 39.3 Å². The zero-order valence-electron chi connectivity index (χ0n) is 8.83. The van der Waals surface area contributed by atoms with E-state index in [4.69, 9.17) is 0 Å². The summed E-state index contributed by atoms with van der Waals surface area (Å²) in [5.41, 5.74) is 0.634. The maximum atomic E-state index is 4.14. The molecule has 14 heavy (non-hydrogen) atoms. The van der Waals surface area contributed by atoms with E-state index in [-0.39, 0.29) is 0 Å². The predicted octanol–water partition coefficient (Wildman–Crippen LogP) is 3.47. The number of aromatic nitrogens is 2. The molecule has 0 radical (unpaired) electrons. The van der Waals surface area contributed by atoms with Crippen LogP contribution < -0.4 is 0 Å². The van der Waals surface area contributed by atoms with Crippen LogP contribution in [0.15, 0.2) is 17.1 Å². The second-order valence-corrected chi connectivity index (χ2v) is 5.78. The Balaban J connectivity index is 1.69. The lowest BCUT2D eigenvalue weighted by Crippen LogP contribution is -1.97. The van der Waals surface area contributed by atoms with E-state index in [1.807, 2.05) is 12.5 Å². The normalized spacial score (nSPS) is 23.8. The van der Waals surface area contributed by atoms with Crippen LogP contribution in [-0.4, -0.2) is 9.55 Å². The highest BCUT2D eigenvalue weighted by Crippen LogP contribution is 2.54. The zero-order valence-corrected chi connectivity index (χ0v) is 10.4. The highest BCUT2D eigenvalue weighted by atomic mass is 79.9. The summed E-state index contributed by atoms with van der Waals surface area (Å²) >= 11 is 3.35. The number of aryl methyl sites for hydroxylation is 1. The topological polar surface area (TPSA) is 17.8 Å². The summed E-state index contributed by atoms with van der Waals surface area (Å²) in [5.74, 6) is 0.967. The van der Waals surface area contributed by atoms with E-state index in [0.717, 1.165) is 17.1 Å². The molecular formula is C11H17BrN2. The lowest BCUT2D eigenvalue weighted by Gasteiger charge is -2.03. The first-order chi connectivity index (χ1) is 6.58. The first-order valence-corrected chi connectivity index (χ1v) is 6.04. The number of rotatable bonds is 4. The molecule has 0 aliphatic heterocycles. The van der Waals surface area contributed by atoms with Crippen LogP contribution in [0.4, 0.5) is 0 Å². The molecule has 1 aliphatic rings. The minimum absolute atomic E-state index is 0.634. The summed E-state index contributed by atoms with van der Waals surface area (Å²) in [6.45, 7) is 5.84. The smallest absolute Gasteiger partial charge is 0.124 e. The van der Waals surface area contributed by atoms with Gasteiger partial charge < -0.3 is 4.57 Å². The van der Waals surface area contributed by atoms with Gasteiger partial charge in [-0.25, -0.2) is 4.98 Å². The molecule has 1 aliphatic carbocycles. The van der Waals surface area contributed by atoms with Crippen molar-refractivity contribution in [3.63, 3.8) is 0 Å². The molecule has 0 spiro atoms. The second kappa shape index (κ2) is 3.69. The summed E-state index contributed by atoms with van der Waals surface area (Å²) in [4.78, 5) is 4.14. The molecule has 1 atom stereocenters. The Labute approximate surface area is 93.9 Å². The highest BCUT2D eigenvalue weighted by molar-refractivity contribution is 9.10. The Hall–Kier alpha value is -0.310. The van der Waals surface area contributed by atoms with Crippen molar-refractivity contribution in [1.82, 2.24) is 9.55 Å². The number of nitrogens with zero attached hydrogens (tertiary/aromatic N) is 2. The fourth-order valence-corrected chi connectivity index (χ4v) is 2.40. The third-order valence-electron chi connectivity index (χ3n) is 3.29. The van der Waals surface area contributed by atoms with Crippen LogP contribution in [0.5, 0.6) is 0 Å². The monoisotopic (exact) mass is 256 g/mol. The maximum Gasteiger partial charge on any atom is 0.124 e. The van der Waals surface area contributed by atoms with Gasteiger partial charge in [0, 0.05) is 12.7 Å². The van der Waals surface area contributed by atoms with Gasteiger partial charge in [-0.15, -0.1) is 0 Å². The van der Waals surface area contributed by atoms with E-state index in [1.54, 1.807) is 0 Å². The third-order valence-corrected chi connectivity index (χ3v) is 3.70. The van der Waals surface area contributed by atoms with Crippen LogP contribution >= 0.6 is 15.9 Å². The third kappa shape index (κ3) is 2.38. The molecule has 0 aromatic carbocycles. The first kappa shape index (κ1) is 10.2. The maximum absolute atomic E-state index is 4.14. The van der Waals surface area contributed by atoms with Gasteiger partial charge in [0.05, 0.1) is 6.33 Å². The van der Waals surface area contributed by atoms with Crippen LogP contribution in [-0.2, 0) is 6.54 Å². The molecule has 3 heteroatoms. The van der Waals surface area contributed by atoms with Gasteiger partial charge >= 0.3 is 0 Å². The van der Waals surface area contributed by atoms with Crippen molar-refractivity contribution in [2.45, 2.75) is 39.7 Å². The summed E-state index contributed by atoms with van der Waals surface area (Å²) in [7, 11) is 0. The van der Waals surface area contributed by atoms with Crippen LogP contribution in [0.1, 0.15) is 33.1 Å². The standard InChI is InChI=1S/C11H17BrN2/c1-11(2)6-9(11)4-3-5-14-7-10(12)13-8-14/h7-9H,3-6H2,1-2H3. The van der Waals surface area contributed by atoms with E-state index < -0.39 is 0 Å². The molecule has 1 unspecified atom stereocenters. The molecule has 1 heterocycles. The Morgan fingerprint density at radius 1 is 1.64 bits per heavy atom. The molecule has 0 amide bonds. The molecule has 2 nitrogen and oxygen atoms in total. The number of imidazole rings is 1. The highest BCUT2D eigenvalue weighted by Gasteiger charge is 2.44. The van der Waals surface area contributed by atoms with Crippen molar-refractivity contribution in [3.05, 3.63) is 17.1 Å². The van der Waals surface area contributed by atoms with Crippen molar-refractivity contribution in [1.29, 1.82) is 0 Å². The molecule has 78 valence electrons. The summed E-state index contributed by atoms with van der Waals surface area (Å²) in [5, 5.41) is 0. The fourth-order valence-electron chi connectivity index (χ4n) is 2.04. The SMILES string of the molecule is CC1(C)CC1CCCn1cnc(Br)c1. The molecule has 1 aromatic rings. The minimum Gasteiger partial charge on any atom is -0.336 e. The van der Waals surface area contributed by atoms with Gasteiger partial charge in [0.25, 0.3) is 0 Å². The average molecular weight is 257 g/mol. The summed E-state index contributed by atoms with van der Waals surface area (Å²) in [6.07, 6.45) is 7.99. The van der Waals surface area contributed by atoms with Gasteiger partial charge in [0.1, 0.15) is 4.60 Å². The van der Waals surface area contributed by atoms with Crippen molar-refractivity contribution in [2.24, 2.45) is 11.3 Å². The van der Waals surface area contributed by atoms with E-state index >= 15 is 0 Å². The Bertz CT molecular complexity index is 317. The van der Waals surface area contributed by atoms with Crippen molar-refractivity contribution >= 4 is 15.9 Å². The van der Waals surface area contributed by atoms with Gasteiger partial charge in [-0.2, -0.15) is 0 Å². The number of hydrogen-bond acceptors (Lipinski definition) is 1. The largest absolute Gasteiger partial charge is 0.336 e. The molecule has 1 saturated carbocycles. The quantitative estimate of drug-likeness (QED) is 0.807. The molecule has 1 aromatic heterocycles. The van der Waals surface area contributed by atoms with Gasteiger partial charge in [-0.05, 0) is 46.5 Å².